The van der Waals surface area contributed by atoms with Crippen LogP contribution in [0.2, 0.25) is 0 Å². The minimum atomic E-state index is -4.89. The van der Waals surface area contributed by atoms with Crippen molar-refractivity contribution in [3.63, 3.8) is 0 Å². The van der Waals surface area contributed by atoms with Crippen LogP contribution in [0.5, 0.6) is 0 Å². The average molecular weight is 425 g/mol. The molecule has 0 amide bonds. The predicted molar refractivity (Wildman–Crippen MR) is 99.3 cm³/mol. The monoisotopic (exact) mass is 425 g/mol. The van der Waals surface area contributed by atoms with Gasteiger partial charge in [-0.25, -0.2) is 0 Å². The molecule has 158 valence electrons. The summed E-state index contributed by atoms with van der Waals surface area (Å²) in [6, 6.07) is 10.7. The summed E-state index contributed by atoms with van der Waals surface area (Å²) in [5, 5.41) is 0. The minimum absolute atomic E-state index is 0.00375. The Morgan fingerprint density at radius 3 is 2.03 bits per heavy atom. The van der Waals surface area contributed by atoms with Gasteiger partial charge in [-0.1, -0.05) is 24.3 Å². The number of hydrogen-bond acceptors (Lipinski definition) is 2. The number of alkyl halides is 6. The normalized spacial score (nSPS) is 12.2. The molecule has 0 aliphatic rings. The summed E-state index contributed by atoms with van der Waals surface area (Å²) in [5.41, 5.74) is 0.504. The molecule has 8 heteroatoms. The van der Waals surface area contributed by atoms with Gasteiger partial charge in [-0.05, 0) is 53.4 Å². The van der Waals surface area contributed by atoms with Gasteiger partial charge in [0.15, 0.2) is 0 Å². The Balaban J connectivity index is 1.82. The Bertz CT molecular complexity index is 994. The van der Waals surface area contributed by atoms with Crippen LogP contribution in [-0.4, -0.2) is 4.98 Å². The fourth-order valence-corrected chi connectivity index (χ4v) is 3.05. The zero-order valence-corrected chi connectivity index (χ0v) is 15.8. The van der Waals surface area contributed by atoms with Crippen LogP contribution in [0.15, 0.2) is 60.9 Å². The van der Waals surface area contributed by atoms with Crippen LogP contribution in [0.1, 0.15) is 27.8 Å². The summed E-state index contributed by atoms with van der Waals surface area (Å²) in [6.07, 6.45) is -6.59. The smallest absolute Gasteiger partial charge is 0.372 e. The van der Waals surface area contributed by atoms with E-state index in [2.05, 4.69) is 4.98 Å². The van der Waals surface area contributed by atoms with E-state index in [-0.39, 0.29) is 18.2 Å². The lowest BCUT2D eigenvalue weighted by atomic mass is 9.98. The molecule has 0 N–H and O–H groups in total. The number of aryl methyl sites for hydroxylation is 1. The van der Waals surface area contributed by atoms with Gasteiger partial charge in [-0.2, -0.15) is 26.3 Å². The van der Waals surface area contributed by atoms with Crippen molar-refractivity contribution in [3.8, 4) is 11.1 Å². The van der Waals surface area contributed by atoms with Crippen molar-refractivity contribution >= 4 is 0 Å². The fourth-order valence-electron chi connectivity index (χ4n) is 3.05. The van der Waals surface area contributed by atoms with Crippen molar-refractivity contribution in [3.05, 3.63) is 88.7 Å². The van der Waals surface area contributed by atoms with E-state index in [0.717, 1.165) is 22.3 Å². The fraction of sp³-hybridized carbons (Fsp3) is 0.227. The second kappa shape index (κ2) is 8.47. The highest BCUT2D eigenvalue weighted by Crippen LogP contribution is 2.36. The van der Waals surface area contributed by atoms with E-state index in [4.69, 9.17) is 4.74 Å². The minimum Gasteiger partial charge on any atom is -0.372 e. The molecule has 2 nitrogen and oxygen atoms in total. The van der Waals surface area contributed by atoms with Crippen molar-refractivity contribution in [1.82, 2.24) is 4.98 Å². The summed E-state index contributed by atoms with van der Waals surface area (Å²) in [4.78, 5) is 4.10. The summed E-state index contributed by atoms with van der Waals surface area (Å²) < 4.78 is 83.4. The third kappa shape index (κ3) is 5.18. The molecule has 1 heterocycles. The molecule has 1 aromatic heterocycles. The van der Waals surface area contributed by atoms with Gasteiger partial charge in [0.1, 0.15) is 0 Å². The molecule has 2 aromatic carbocycles. The van der Waals surface area contributed by atoms with Crippen molar-refractivity contribution in [1.29, 1.82) is 0 Å². The Morgan fingerprint density at radius 2 is 1.43 bits per heavy atom. The number of nitrogens with zero attached hydrogens (tertiary/aromatic N) is 1. The summed E-state index contributed by atoms with van der Waals surface area (Å²) in [7, 11) is 0. The first-order chi connectivity index (χ1) is 14.1. The van der Waals surface area contributed by atoms with Crippen LogP contribution >= 0.6 is 0 Å². The third-order valence-electron chi connectivity index (χ3n) is 4.52. The number of benzene rings is 2. The lowest BCUT2D eigenvalue weighted by Gasteiger charge is -2.15. The molecule has 0 unspecified atom stereocenters. The zero-order valence-electron chi connectivity index (χ0n) is 15.8. The maximum Gasteiger partial charge on any atom is 0.416 e. The second-order valence-corrected chi connectivity index (χ2v) is 6.75. The molecular weight excluding hydrogens is 408 g/mol. The largest absolute Gasteiger partial charge is 0.416 e. The molecule has 0 saturated heterocycles. The molecular formula is C22H17F6NO. The zero-order chi connectivity index (χ0) is 21.9. The van der Waals surface area contributed by atoms with E-state index >= 15 is 0 Å². The summed E-state index contributed by atoms with van der Waals surface area (Å²) in [5.74, 6) is 0. The van der Waals surface area contributed by atoms with E-state index in [1.165, 1.54) is 0 Å². The molecule has 3 rings (SSSR count). The lowest BCUT2D eigenvalue weighted by molar-refractivity contribution is -0.143. The quantitative estimate of drug-likeness (QED) is 0.419. The molecule has 3 aromatic rings. The van der Waals surface area contributed by atoms with Gasteiger partial charge < -0.3 is 4.74 Å². The lowest BCUT2D eigenvalue weighted by Crippen LogP contribution is -2.12. The van der Waals surface area contributed by atoms with Crippen molar-refractivity contribution in [2.75, 3.05) is 0 Å². The van der Waals surface area contributed by atoms with E-state index < -0.39 is 30.1 Å². The molecule has 0 bridgehead atoms. The Kier molecular flexibility index (Phi) is 6.17. The van der Waals surface area contributed by atoms with Crippen molar-refractivity contribution in [2.24, 2.45) is 0 Å². The van der Waals surface area contributed by atoms with Gasteiger partial charge >= 0.3 is 12.4 Å². The Hall–Kier alpha value is -2.87. The van der Waals surface area contributed by atoms with Gasteiger partial charge in [0.05, 0.1) is 24.3 Å². The molecule has 30 heavy (non-hydrogen) atoms. The van der Waals surface area contributed by atoms with Crippen LogP contribution < -0.4 is 0 Å². The molecule has 0 spiro atoms. The van der Waals surface area contributed by atoms with Crippen LogP contribution in [-0.2, 0) is 30.3 Å². The Labute approximate surface area is 169 Å². The van der Waals surface area contributed by atoms with Crippen LogP contribution in [0.4, 0.5) is 26.3 Å². The molecule has 0 aliphatic carbocycles. The Morgan fingerprint density at radius 1 is 0.800 bits per heavy atom. The number of aromatic nitrogens is 1. The van der Waals surface area contributed by atoms with Gasteiger partial charge in [-0.3, -0.25) is 4.98 Å². The summed E-state index contributed by atoms with van der Waals surface area (Å²) in [6.45, 7) is 1.53. The molecule has 0 atom stereocenters. The van der Waals surface area contributed by atoms with E-state index in [9.17, 15) is 26.3 Å². The highest BCUT2D eigenvalue weighted by molar-refractivity contribution is 5.69. The molecule has 0 aliphatic heterocycles. The average Bonchev–Trinajstić information content (AvgIpc) is 2.67. The number of pyridine rings is 1. The van der Waals surface area contributed by atoms with Gasteiger partial charge in [0, 0.05) is 18.0 Å². The van der Waals surface area contributed by atoms with Crippen LogP contribution in [0, 0.1) is 6.92 Å². The van der Waals surface area contributed by atoms with E-state index in [1.807, 2.05) is 31.2 Å². The van der Waals surface area contributed by atoms with Crippen molar-refractivity contribution < 1.29 is 31.1 Å². The van der Waals surface area contributed by atoms with Gasteiger partial charge in [-0.15, -0.1) is 0 Å². The highest BCUT2D eigenvalue weighted by atomic mass is 19.4. The SMILES string of the molecule is Cc1ccccc1-c1cnccc1COCc1cc(C(F)(F)F)cc(C(F)(F)F)c1. The molecule has 0 fully saturated rings. The summed E-state index contributed by atoms with van der Waals surface area (Å²) >= 11 is 0. The standard InChI is InChI=1S/C22H17F6NO/c1-14-4-2-3-5-19(14)20-11-29-7-6-16(20)13-30-12-15-8-17(21(23,24)25)10-18(9-15)22(26,27)28/h2-11H,12-13H2,1H3. The first-order valence-electron chi connectivity index (χ1n) is 8.90. The number of hydrogen-bond donors (Lipinski definition) is 0. The number of halogens is 6. The second-order valence-electron chi connectivity index (χ2n) is 6.75. The van der Waals surface area contributed by atoms with Crippen LogP contribution in [0.25, 0.3) is 11.1 Å². The maximum absolute atomic E-state index is 13.0. The first kappa shape index (κ1) is 21.8. The predicted octanol–water partition coefficient (Wildman–Crippen LogP) is 6.81. The van der Waals surface area contributed by atoms with Crippen LogP contribution in [0.3, 0.4) is 0 Å². The first-order valence-corrected chi connectivity index (χ1v) is 8.90. The maximum atomic E-state index is 13.0. The molecule has 0 saturated carbocycles. The van der Waals surface area contributed by atoms with Gasteiger partial charge in [0.2, 0.25) is 0 Å². The van der Waals surface area contributed by atoms with Crippen molar-refractivity contribution in [2.45, 2.75) is 32.5 Å². The van der Waals surface area contributed by atoms with E-state index in [0.29, 0.717) is 12.1 Å². The highest BCUT2D eigenvalue weighted by Gasteiger charge is 2.36. The number of rotatable bonds is 5. The van der Waals surface area contributed by atoms with Gasteiger partial charge in [0.25, 0.3) is 0 Å². The third-order valence-corrected chi connectivity index (χ3v) is 4.52. The number of ether oxygens (including phenoxy) is 1. The molecule has 0 radical (unpaired) electrons. The topological polar surface area (TPSA) is 22.1 Å². The van der Waals surface area contributed by atoms with E-state index in [1.54, 1.807) is 18.5 Å².